The van der Waals surface area contributed by atoms with E-state index < -0.39 is 15.6 Å². The van der Waals surface area contributed by atoms with Gasteiger partial charge in [0.1, 0.15) is 0 Å². The van der Waals surface area contributed by atoms with Crippen molar-refractivity contribution >= 4 is 10.0 Å². The highest BCUT2D eigenvalue weighted by Gasteiger charge is 2.24. The van der Waals surface area contributed by atoms with Crippen molar-refractivity contribution in [2.75, 3.05) is 30.6 Å². The van der Waals surface area contributed by atoms with E-state index in [-0.39, 0.29) is 5.60 Å². The Hall–Kier alpha value is 0.270. The van der Waals surface area contributed by atoms with Crippen molar-refractivity contribution in [3.8, 4) is 0 Å². The molecule has 0 spiro atoms. The molecule has 3 heteroatoms. The first kappa shape index (κ1) is 21.3. The van der Waals surface area contributed by atoms with E-state index in [0.717, 1.165) is 6.42 Å². The van der Waals surface area contributed by atoms with Gasteiger partial charge >= 0.3 is 0 Å². The van der Waals surface area contributed by atoms with Gasteiger partial charge in [0.15, 0.2) is 0 Å². The lowest BCUT2D eigenvalue weighted by Gasteiger charge is -2.36. The summed E-state index contributed by atoms with van der Waals surface area (Å²) in [5.41, 5.74) is -0.437. The third-order valence-corrected chi connectivity index (χ3v) is 6.40. The third kappa shape index (κ3) is 13.6. The first-order chi connectivity index (χ1) is 9.12. The topological polar surface area (TPSA) is 29.5 Å². The van der Waals surface area contributed by atoms with Crippen molar-refractivity contribution < 1.29 is 9.84 Å². The number of hydrogen-bond acceptors (Lipinski definition) is 2. The van der Waals surface area contributed by atoms with Crippen LogP contribution in [0.5, 0.6) is 0 Å². The third-order valence-electron chi connectivity index (χ3n) is 3.70. The lowest BCUT2D eigenvalue weighted by molar-refractivity contribution is -0.0939. The van der Waals surface area contributed by atoms with Gasteiger partial charge in [-0.15, -0.1) is 0 Å². The average molecular weight is 321 g/mol. The molecule has 0 radical (unpaired) electrons. The molecule has 0 aromatic carbocycles. The van der Waals surface area contributed by atoms with Crippen LogP contribution in [0.25, 0.3) is 0 Å². The average Bonchev–Trinajstić information content (AvgIpc) is 2.22. The van der Waals surface area contributed by atoms with Gasteiger partial charge < -0.3 is 9.84 Å². The summed E-state index contributed by atoms with van der Waals surface area (Å²) in [5, 5.41) is 9.76. The SMILES string of the molecule is CC(C)(C)CCS(C)(C)CCCC(C)(C)OCC(C)(C)O. The molecule has 0 saturated carbocycles. The summed E-state index contributed by atoms with van der Waals surface area (Å²) < 4.78 is 5.88. The number of ether oxygens (including phenoxy) is 1. The molecule has 2 nitrogen and oxygen atoms in total. The van der Waals surface area contributed by atoms with Crippen LogP contribution in [-0.4, -0.2) is 46.9 Å². The maximum absolute atomic E-state index is 9.76. The quantitative estimate of drug-likeness (QED) is 0.659. The van der Waals surface area contributed by atoms with Crippen molar-refractivity contribution in [1.82, 2.24) is 0 Å². The molecule has 0 aromatic rings. The minimum atomic E-state index is -0.742. The van der Waals surface area contributed by atoms with Crippen molar-refractivity contribution in [2.45, 2.75) is 78.9 Å². The molecule has 0 aliphatic heterocycles. The molecule has 0 amide bonds. The van der Waals surface area contributed by atoms with Crippen LogP contribution in [0.3, 0.4) is 0 Å². The second-order valence-electron chi connectivity index (χ2n) is 9.45. The molecule has 0 aromatic heterocycles. The highest BCUT2D eigenvalue weighted by molar-refractivity contribution is 8.32. The van der Waals surface area contributed by atoms with Gasteiger partial charge in [0.2, 0.25) is 0 Å². The molecule has 0 heterocycles. The molecule has 0 rings (SSSR count). The maximum atomic E-state index is 9.76. The van der Waals surface area contributed by atoms with Gasteiger partial charge in [-0.2, -0.15) is 0 Å². The lowest BCUT2D eigenvalue weighted by Crippen LogP contribution is -2.34. The van der Waals surface area contributed by atoms with Gasteiger partial charge in [-0.3, -0.25) is 0 Å². The molecule has 0 saturated heterocycles. The van der Waals surface area contributed by atoms with Crippen molar-refractivity contribution in [3.05, 3.63) is 0 Å². The van der Waals surface area contributed by atoms with Crippen LogP contribution in [-0.2, 0) is 4.74 Å². The summed E-state index contributed by atoms with van der Waals surface area (Å²) in [7, 11) is -0.485. The molecule has 1 N–H and O–H groups in total. The summed E-state index contributed by atoms with van der Waals surface area (Å²) in [5.74, 6) is 2.68. The number of rotatable bonds is 9. The van der Waals surface area contributed by atoms with Crippen LogP contribution in [0, 0.1) is 5.41 Å². The minimum Gasteiger partial charge on any atom is -0.388 e. The maximum Gasteiger partial charge on any atom is 0.0824 e. The molecule has 0 atom stereocenters. The summed E-state index contributed by atoms with van der Waals surface area (Å²) in [6, 6.07) is 0. The Morgan fingerprint density at radius 1 is 0.857 bits per heavy atom. The Morgan fingerprint density at radius 3 is 1.81 bits per heavy atom. The van der Waals surface area contributed by atoms with Gasteiger partial charge in [0, 0.05) is 0 Å². The molecule has 21 heavy (non-hydrogen) atoms. The fourth-order valence-corrected chi connectivity index (χ4v) is 4.31. The van der Waals surface area contributed by atoms with Crippen molar-refractivity contribution in [3.63, 3.8) is 0 Å². The Morgan fingerprint density at radius 2 is 1.38 bits per heavy atom. The van der Waals surface area contributed by atoms with Gasteiger partial charge in [-0.25, -0.2) is 10.0 Å². The molecular weight excluding hydrogens is 280 g/mol. The van der Waals surface area contributed by atoms with Crippen LogP contribution >= 0.6 is 10.0 Å². The molecule has 0 unspecified atom stereocenters. The van der Waals surface area contributed by atoms with E-state index in [0.29, 0.717) is 12.0 Å². The summed E-state index contributed by atoms with van der Waals surface area (Å²) >= 11 is 0. The van der Waals surface area contributed by atoms with Crippen LogP contribution in [0.1, 0.15) is 67.7 Å². The smallest absolute Gasteiger partial charge is 0.0824 e. The highest BCUT2D eigenvalue weighted by Crippen LogP contribution is 2.44. The van der Waals surface area contributed by atoms with Crippen LogP contribution in [0.4, 0.5) is 0 Å². The van der Waals surface area contributed by atoms with E-state index in [2.05, 4.69) is 47.1 Å². The van der Waals surface area contributed by atoms with E-state index in [1.54, 1.807) is 13.8 Å². The summed E-state index contributed by atoms with van der Waals surface area (Å²) in [4.78, 5) is 0. The van der Waals surface area contributed by atoms with Crippen LogP contribution in [0.15, 0.2) is 0 Å². The first-order valence-electron chi connectivity index (χ1n) is 8.17. The molecule has 0 fully saturated rings. The van der Waals surface area contributed by atoms with E-state index >= 15 is 0 Å². The monoisotopic (exact) mass is 320 g/mol. The standard InChI is InChI=1S/C18H40O2S/c1-16(2,3)12-14-21(8,9)13-10-11-18(6,7)20-15-17(4,5)19/h19H,10-15H2,1-9H3. The van der Waals surface area contributed by atoms with Crippen molar-refractivity contribution in [2.24, 2.45) is 5.41 Å². The van der Waals surface area contributed by atoms with E-state index in [9.17, 15) is 5.11 Å². The highest BCUT2D eigenvalue weighted by atomic mass is 32.3. The predicted molar refractivity (Wildman–Crippen MR) is 98.8 cm³/mol. The molecular formula is C18H40O2S. The van der Waals surface area contributed by atoms with Gasteiger partial charge in [0.05, 0.1) is 17.8 Å². The Bertz CT molecular complexity index is 265. The minimum absolute atomic E-state index is 0.139. The normalized spacial score (nSPS) is 15.3. The Balaban J connectivity index is 4.10. The lowest BCUT2D eigenvalue weighted by atomic mass is 9.94. The molecule has 0 bridgehead atoms. The predicted octanol–water partition coefficient (Wildman–Crippen LogP) is 4.83. The summed E-state index contributed by atoms with van der Waals surface area (Å²) in [6.45, 7) is 15.3. The number of aliphatic hydroxyl groups is 1. The van der Waals surface area contributed by atoms with E-state index in [1.807, 2.05) is 0 Å². The van der Waals surface area contributed by atoms with Gasteiger partial charge in [-0.05, 0) is 76.4 Å². The van der Waals surface area contributed by atoms with Gasteiger partial charge in [-0.1, -0.05) is 20.8 Å². The fraction of sp³-hybridized carbons (Fsp3) is 1.00. The van der Waals surface area contributed by atoms with Gasteiger partial charge in [0.25, 0.3) is 0 Å². The zero-order valence-corrected chi connectivity index (χ0v) is 16.8. The fourth-order valence-electron chi connectivity index (χ4n) is 2.02. The van der Waals surface area contributed by atoms with E-state index in [1.165, 1.54) is 24.3 Å². The summed E-state index contributed by atoms with van der Waals surface area (Å²) in [6.07, 6.45) is 8.52. The van der Waals surface area contributed by atoms with Crippen LogP contribution < -0.4 is 0 Å². The molecule has 130 valence electrons. The zero-order chi connectivity index (χ0) is 16.9. The Labute approximate surface area is 135 Å². The number of hydrogen-bond donors (Lipinski definition) is 1. The Kier molecular flexibility index (Phi) is 7.80. The second-order valence-corrected chi connectivity index (χ2v) is 13.8. The van der Waals surface area contributed by atoms with E-state index in [4.69, 9.17) is 4.74 Å². The van der Waals surface area contributed by atoms with Crippen LogP contribution in [0.2, 0.25) is 0 Å². The first-order valence-corrected chi connectivity index (χ1v) is 11.0. The molecule has 0 aliphatic rings. The van der Waals surface area contributed by atoms with Crippen molar-refractivity contribution in [1.29, 1.82) is 0 Å². The largest absolute Gasteiger partial charge is 0.388 e. The second kappa shape index (κ2) is 7.70. The zero-order valence-electron chi connectivity index (χ0n) is 16.0. The molecule has 0 aliphatic carbocycles.